The molecule has 0 spiro atoms. The van der Waals surface area contributed by atoms with Crippen molar-refractivity contribution < 1.29 is 13.2 Å². The molecule has 5 heteroatoms. The number of carbonyl (C=O) groups excluding carboxylic acids is 1. The van der Waals surface area contributed by atoms with Crippen molar-refractivity contribution in [2.24, 2.45) is 5.73 Å². The summed E-state index contributed by atoms with van der Waals surface area (Å²) in [5.41, 5.74) is 4.20. The Morgan fingerprint density at radius 3 is 1.67 bits per heavy atom. The van der Waals surface area contributed by atoms with Crippen molar-refractivity contribution in [3.8, 4) is 0 Å². The SMILES string of the molecule is NC(=O)[SH](=O)=O. The van der Waals surface area contributed by atoms with Crippen LogP contribution < -0.4 is 5.73 Å². The first-order valence-corrected chi connectivity index (χ1v) is 2.26. The fraction of sp³-hybridized carbons (Fsp3) is 0. The maximum Gasteiger partial charge on any atom is 0.331 e. The molecule has 36 valence electrons. The lowest BCUT2D eigenvalue weighted by Gasteiger charge is -1.65. The van der Waals surface area contributed by atoms with Crippen LogP contribution in [0.15, 0.2) is 0 Å². The van der Waals surface area contributed by atoms with Gasteiger partial charge in [0, 0.05) is 0 Å². The van der Waals surface area contributed by atoms with Crippen LogP contribution >= 0.6 is 0 Å². The van der Waals surface area contributed by atoms with E-state index in [1.165, 1.54) is 0 Å². The third-order valence-corrected chi connectivity index (χ3v) is 0.540. The van der Waals surface area contributed by atoms with Gasteiger partial charge in [-0.25, -0.2) is 8.42 Å². The molecule has 0 aliphatic rings. The van der Waals surface area contributed by atoms with E-state index in [0.29, 0.717) is 0 Å². The summed E-state index contributed by atoms with van der Waals surface area (Å²) in [6, 6.07) is 0. The van der Waals surface area contributed by atoms with Crippen molar-refractivity contribution >= 4 is 15.9 Å². The van der Waals surface area contributed by atoms with E-state index in [0.717, 1.165) is 0 Å². The second-order valence-corrected chi connectivity index (χ2v) is 1.55. The van der Waals surface area contributed by atoms with Gasteiger partial charge in [0.2, 0.25) is 10.7 Å². The summed E-state index contributed by atoms with van der Waals surface area (Å²) < 4.78 is 18.5. The summed E-state index contributed by atoms with van der Waals surface area (Å²) in [5, 5.41) is -1.29. The van der Waals surface area contributed by atoms with Crippen LogP contribution in [0.5, 0.6) is 0 Å². The average molecular weight is 109 g/mol. The van der Waals surface area contributed by atoms with Gasteiger partial charge in [-0.05, 0) is 0 Å². The summed E-state index contributed by atoms with van der Waals surface area (Å²) >= 11 is 0. The van der Waals surface area contributed by atoms with Crippen LogP contribution in [0.1, 0.15) is 0 Å². The third-order valence-electron chi connectivity index (χ3n) is 0.180. The number of carbonyl (C=O) groups is 1. The molecule has 0 aromatic heterocycles. The number of hydrogen-bond donors (Lipinski definition) is 2. The second kappa shape index (κ2) is 1.76. The van der Waals surface area contributed by atoms with Gasteiger partial charge in [0.15, 0.2) is 0 Å². The van der Waals surface area contributed by atoms with E-state index in [1.807, 2.05) is 0 Å². The lowest BCUT2D eigenvalue weighted by atomic mass is 11.5. The third kappa shape index (κ3) is 1.71. The van der Waals surface area contributed by atoms with E-state index in [4.69, 9.17) is 0 Å². The number of rotatable bonds is 0. The van der Waals surface area contributed by atoms with E-state index in [1.54, 1.807) is 0 Å². The minimum Gasteiger partial charge on any atom is -0.357 e. The highest BCUT2D eigenvalue weighted by molar-refractivity contribution is 7.89. The van der Waals surface area contributed by atoms with Gasteiger partial charge in [-0.3, -0.25) is 4.79 Å². The summed E-state index contributed by atoms with van der Waals surface area (Å²) in [5.74, 6) is 0. The molecule has 1 amide bonds. The van der Waals surface area contributed by atoms with Gasteiger partial charge in [0.25, 0.3) is 0 Å². The number of hydrogen-bond acceptors (Lipinski definition) is 3. The standard InChI is InChI=1S/CH3NO3S/c2-1(3)6(4)5/h6H,(H2,2,3). The molecule has 0 saturated heterocycles. The molecule has 4 nitrogen and oxygen atoms in total. The van der Waals surface area contributed by atoms with Gasteiger partial charge in [-0.2, -0.15) is 0 Å². The Kier molecular flexibility index (Phi) is 1.59. The number of nitrogens with two attached hydrogens (primary N) is 1. The molecular weight excluding hydrogens is 106 g/mol. The normalized spacial score (nSPS) is 8.83. The predicted octanol–water partition coefficient (Wildman–Crippen LogP) is -1.32. The maximum absolute atomic E-state index is 9.33. The van der Waals surface area contributed by atoms with Gasteiger partial charge in [-0.15, -0.1) is 0 Å². The van der Waals surface area contributed by atoms with Gasteiger partial charge in [0.05, 0.1) is 0 Å². The van der Waals surface area contributed by atoms with Gasteiger partial charge in [-0.1, -0.05) is 0 Å². The molecule has 0 aromatic rings. The van der Waals surface area contributed by atoms with Crippen molar-refractivity contribution in [2.45, 2.75) is 0 Å². The topological polar surface area (TPSA) is 77.2 Å². The highest BCUT2D eigenvalue weighted by Crippen LogP contribution is 1.56. The smallest absolute Gasteiger partial charge is 0.331 e. The summed E-state index contributed by atoms with van der Waals surface area (Å²) in [7, 11) is -3.02. The Morgan fingerprint density at radius 2 is 1.67 bits per heavy atom. The molecular formula is CH3NO3S. The molecule has 0 aliphatic heterocycles. The Morgan fingerprint density at radius 1 is 1.50 bits per heavy atom. The van der Waals surface area contributed by atoms with Crippen molar-refractivity contribution in [3.05, 3.63) is 0 Å². The highest BCUT2D eigenvalue weighted by atomic mass is 32.2. The predicted molar refractivity (Wildman–Crippen MR) is 19.9 cm³/mol. The van der Waals surface area contributed by atoms with Gasteiger partial charge in [0.1, 0.15) is 0 Å². The molecule has 0 bridgehead atoms. The summed E-state index contributed by atoms with van der Waals surface area (Å²) in [4.78, 5) is 9.33. The van der Waals surface area contributed by atoms with E-state index in [2.05, 4.69) is 5.73 Å². The molecule has 0 saturated carbocycles. The highest BCUT2D eigenvalue weighted by Gasteiger charge is 1.87. The molecule has 0 unspecified atom stereocenters. The molecule has 0 fully saturated rings. The lowest BCUT2D eigenvalue weighted by molar-refractivity contribution is 0.266. The fourth-order valence-corrected chi connectivity index (χ4v) is 0. The van der Waals surface area contributed by atoms with Crippen molar-refractivity contribution in [2.75, 3.05) is 0 Å². The Balaban J connectivity index is 3.94. The zero-order chi connectivity index (χ0) is 5.15. The van der Waals surface area contributed by atoms with E-state index < -0.39 is 15.9 Å². The Hall–Kier alpha value is -0.580. The first-order chi connectivity index (χ1) is 2.64. The maximum atomic E-state index is 9.33. The molecule has 0 aromatic carbocycles. The molecule has 6 heavy (non-hydrogen) atoms. The number of amides is 1. The summed E-state index contributed by atoms with van der Waals surface area (Å²) in [6.07, 6.45) is 0. The minimum absolute atomic E-state index is 1.29. The average Bonchev–Trinajstić information content (AvgIpc) is 1.36. The molecule has 0 aliphatic carbocycles. The van der Waals surface area contributed by atoms with Crippen molar-refractivity contribution in [1.29, 1.82) is 0 Å². The largest absolute Gasteiger partial charge is 0.357 e. The van der Waals surface area contributed by atoms with Crippen LogP contribution in [0.4, 0.5) is 4.79 Å². The quantitative estimate of drug-likeness (QED) is 0.378. The molecule has 0 atom stereocenters. The second-order valence-electron chi connectivity index (χ2n) is 0.595. The minimum atomic E-state index is -3.02. The van der Waals surface area contributed by atoms with Gasteiger partial charge < -0.3 is 5.73 Å². The van der Waals surface area contributed by atoms with Crippen molar-refractivity contribution in [1.82, 2.24) is 0 Å². The first-order valence-electron chi connectivity index (χ1n) is 1.08. The van der Waals surface area contributed by atoms with E-state index in [9.17, 15) is 13.2 Å². The van der Waals surface area contributed by atoms with Crippen LogP contribution in [-0.2, 0) is 10.7 Å². The Labute approximate surface area is 35.9 Å². The van der Waals surface area contributed by atoms with E-state index in [-0.39, 0.29) is 0 Å². The molecule has 2 N–H and O–H groups in total. The van der Waals surface area contributed by atoms with Gasteiger partial charge >= 0.3 is 5.24 Å². The lowest BCUT2D eigenvalue weighted by Crippen LogP contribution is -2.08. The van der Waals surface area contributed by atoms with Crippen LogP contribution in [0.2, 0.25) is 0 Å². The van der Waals surface area contributed by atoms with Crippen LogP contribution in [0.25, 0.3) is 0 Å². The number of primary amides is 1. The zero-order valence-corrected chi connectivity index (χ0v) is 3.64. The molecule has 0 heterocycles. The molecule has 0 radical (unpaired) electrons. The van der Waals surface area contributed by atoms with Crippen LogP contribution in [-0.4, -0.2) is 13.7 Å². The van der Waals surface area contributed by atoms with Crippen molar-refractivity contribution in [3.63, 3.8) is 0 Å². The Bertz CT molecular complexity index is 117. The van der Waals surface area contributed by atoms with Crippen LogP contribution in [0.3, 0.4) is 0 Å². The number of thiol groups is 1. The fourth-order valence-electron chi connectivity index (χ4n) is 0. The van der Waals surface area contributed by atoms with E-state index >= 15 is 0 Å². The zero-order valence-electron chi connectivity index (χ0n) is 2.75. The monoisotopic (exact) mass is 109 g/mol. The first kappa shape index (κ1) is 5.42. The summed E-state index contributed by atoms with van der Waals surface area (Å²) in [6.45, 7) is 0. The molecule has 0 rings (SSSR count). The van der Waals surface area contributed by atoms with Crippen LogP contribution in [0, 0.1) is 0 Å².